The summed E-state index contributed by atoms with van der Waals surface area (Å²) in [5.41, 5.74) is 2.83. The highest BCUT2D eigenvalue weighted by Crippen LogP contribution is 2.15. The smallest absolute Gasteiger partial charge is 0.272 e. The van der Waals surface area contributed by atoms with Gasteiger partial charge in [0.25, 0.3) is 5.91 Å². The molecule has 0 aliphatic carbocycles. The Morgan fingerprint density at radius 2 is 1.75 bits per heavy atom. The lowest BCUT2D eigenvalue weighted by atomic mass is 10.1. The molecule has 4 nitrogen and oxygen atoms in total. The highest BCUT2D eigenvalue weighted by molar-refractivity contribution is 5.95. The fourth-order valence-electron chi connectivity index (χ4n) is 1.75. The molecule has 0 aliphatic heterocycles. The van der Waals surface area contributed by atoms with Gasteiger partial charge in [-0.1, -0.05) is 31.5 Å². The van der Waals surface area contributed by atoms with E-state index in [1.165, 1.54) is 5.01 Å². The second-order valence-corrected chi connectivity index (χ2v) is 5.82. The third-order valence-electron chi connectivity index (χ3n) is 2.89. The topological polar surface area (TPSA) is 49.4 Å². The zero-order chi connectivity index (χ0) is 15.2. The van der Waals surface area contributed by atoms with Crippen LogP contribution in [0.3, 0.4) is 0 Å². The van der Waals surface area contributed by atoms with Gasteiger partial charge in [-0.15, -0.1) is 0 Å². The van der Waals surface area contributed by atoms with Crippen molar-refractivity contribution in [2.24, 2.45) is 0 Å². The molecule has 20 heavy (non-hydrogen) atoms. The lowest BCUT2D eigenvalue weighted by molar-refractivity contribution is -0.127. The molecule has 0 saturated carbocycles. The largest absolute Gasteiger partial charge is 0.273 e. The lowest BCUT2D eigenvalue weighted by Gasteiger charge is -2.35. The van der Waals surface area contributed by atoms with Crippen LogP contribution in [0.25, 0.3) is 0 Å². The summed E-state index contributed by atoms with van der Waals surface area (Å²) in [6.45, 7) is 7.72. The molecular formula is C16H24N2O2. The summed E-state index contributed by atoms with van der Waals surface area (Å²) in [7, 11) is 0. The number of unbranched alkanes of at least 4 members (excludes halogenated alkanes) is 1. The summed E-state index contributed by atoms with van der Waals surface area (Å²) >= 11 is 0. The van der Waals surface area contributed by atoms with Gasteiger partial charge in [0, 0.05) is 12.0 Å². The maximum Gasteiger partial charge on any atom is 0.272 e. The molecule has 1 rings (SSSR count). The van der Waals surface area contributed by atoms with Gasteiger partial charge < -0.3 is 0 Å². The molecule has 0 spiro atoms. The first-order valence-electron chi connectivity index (χ1n) is 7.05. The first kappa shape index (κ1) is 16.2. The van der Waals surface area contributed by atoms with Gasteiger partial charge in [-0.2, -0.15) is 0 Å². The Morgan fingerprint density at radius 3 is 2.25 bits per heavy atom. The average molecular weight is 276 g/mol. The van der Waals surface area contributed by atoms with Gasteiger partial charge in [0.2, 0.25) is 5.91 Å². The monoisotopic (exact) mass is 276 g/mol. The average Bonchev–Trinajstić information content (AvgIpc) is 2.41. The summed E-state index contributed by atoms with van der Waals surface area (Å²) < 4.78 is 0. The molecular weight excluding hydrogens is 252 g/mol. The molecule has 1 aromatic carbocycles. The van der Waals surface area contributed by atoms with Gasteiger partial charge in [0.05, 0.1) is 5.54 Å². The predicted octanol–water partition coefficient (Wildman–Crippen LogP) is 3.15. The SMILES string of the molecule is CCCCC(=O)NN(C(=O)c1ccccc1)C(C)(C)C. The lowest BCUT2D eigenvalue weighted by Crippen LogP contribution is -2.55. The maximum absolute atomic E-state index is 12.5. The summed E-state index contributed by atoms with van der Waals surface area (Å²) in [4.78, 5) is 24.4. The Kier molecular flexibility index (Phi) is 5.74. The van der Waals surface area contributed by atoms with Crippen molar-refractivity contribution in [3.05, 3.63) is 35.9 Å². The van der Waals surface area contributed by atoms with Crippen molar-refractivity contribution < 1.29 is 9.59 Å². The van der Waals surface area contributed by atoms with E-state index in [9.17, 15) is 9.59 Å². The summed E-state index contributed by atoms with van der Waals surface area (Å²) in [5, 5.41) is 1.42. The first-order chi connectivity index (χ1) is 9.36. The standard InChI is InChI=1S/C16H24N2O2/c1-5-6-12-14(19)17-18(16(2,3)4)15(20)13-10-8-7-9-11-13/h7-11H,5-6,12H2,1-4H3,(H,17,19). The van der Waals surface area contributed by atoms with Gasteiger partial charge in [0.15, 0.2) is 0 Å². The minimum absolute atomic E-state index is 0.119. The molecule has 1 N–H and O–H groups in total. The molecule has 0 aliphatic rings. The molecule has 0 saturated heterocycles. The van der Waals surface area contributed by atoms with E-state index in [1.54, 1.807) is 12.1 Å². The summed E-state index contributed by atoms with van der Waals surface area (Å²) in [6, 6.07) is 8.98. The van der Waals surface area contributed by atoms with Crippen LogP contribution in [0, 0.1) is 0 Å². The Morgan fingerprint density at radius 1 is 1.15 bits per heavy atom. The van der Waals surface area contributed by atoms with E-state index in [1.807, 2.05) is 45.9 Å². The van der Waals surface area contributed by atoms with Gasteiger partial charge in [-0.25, -0.2) is 5.01 Å². The van der Waals surface area contributed by atoms with E-state index in [4.69, 9.17) is 0 Å². The van der Waals surface area contributed by atoms with Crippen molar-refractivity contribution in [2.75, 3.05) is 0 Å². The van der Waals surface area contributed by atoms with Gasteiger partial charge in [-0.3, -0.25) is 15.0 Å². The number of nitrogens with zero attached hydrogens (tertiary/aromatic N) is 1. The number of carbonyl (C=O) groups is 2. The number of carbonyl (C=O) groups excluding carboxylic acids is 2. The van der Waals surface area contributed by atoms with Gasteiger partial charge >= 0.3 is 0 Å². The molecule has 4 heteroatoms. The normalized spacial score (nSPS) is 11.0. The molecule has 110 valence electrons. The number of amides is 2. The highest BCUT2D eigenvalue weighted by atomic mass is 16.2. The number of rotatable bonds is 4. The zero-order valence-electron chi connectivity index (χ0n) is 12.8. The number of benzene rings is 1. The van der Waals surface area contributed by atoms with Crippen molar-refractivity contribution in [1.29, 1.82) is 0 Å². The molecule has 0 unspecified atom stereocenters. The molecule has 0 atom stereocenters. The molecule has 0 fully saturated rings. The van der Waals surface area contributed by atoms with Crippen molar-refractivity contribution in [1.82, 2.24) is 10.4 Å². The van der Waals surface area contributed by atoms with Crippen LogP contribution >= 0.6 is 0 Å². The molecule has 2 amide bonds. The molecule has 1 aromatic rings. The third kappa shape index (κ3) is 4.68. The van der Waals surface area contributed by atoms with E-state index >= 15 is 0 Å². The van der Waals surface area contributed by atoms with Gasteiger partial charge in [0.1, 0.15) is 0 Å². The van der Waals surface area contributed by atoms with E-state index in [-0.39, 0.29) is 11.8 Å². The van der Waals surface area contributed by atoms with Crippen molar-refractivity contribution in [3.8, 4) is 0 Å². The minimum atomic E-state index is -0.477. The fourth-order valence-corrected chi connectivity index (χ4v) is 1.75. The van der Waals surface area contributed by atoms with Crippen LogP contribution in [-0.2, 0) is 4.79 Å². The molecule has 0 bridgehead atoms. The maximum atomic E-state index is 12.5. The highest BCUT2D eigenvalue weighted by Gasteiger charge is 2.28. The zero-order valence-corrected chi connectivity index (χ0v) is 12.8. The fraction of sp³-hybridized carbons (Fsp3) is 0.500. The number of hydrogen-bond acceptors (Lipinski definition) is 2. The second-order valence-electron chi connectivity index (χ2n) is 5.82. The van der Waals surface area contributed by atoms with E-state index in [0.717, 1.165) is 12.8 Å². The second kappa shape index (κ2) is 7.08. The summed E-state index contributed by atoms with van der Waals surface area (Å²) in [6.07, 6.45) is 2.21. The van der Waals surface area contributed by atoms with Crippen molar-refractivity contribution in [2.45, 2.75) is 52.5 Å². The predicted molar refractivity (Wildman–Crippen MR) is 80.0 cm³/mol. The number of hydrogen-bond donors (Lipinski definition) is 1. The van der Waals surface area contributed by atoms with Crippen LogP contribution in [0.15, 0.2) is 30.3 Å². The Labute approximate surface area is 121 Å². The summed E-state index contributed by atoms with van der Waals surface area (Å²) in [5.74, 6) is -0.311. The minimum Gasteiger partial charge on any atom is -0.273 e. The Bertz CT molecular complexity index is 449. The van der Waals surface area contributed by atoms with Gasteiger partial charge in [-0.05, 0) is 39.3 Å². The van der Waals surface area contributed by atoms with E-state index < -0.39 is 5.54 Å². The third-order valence-corrected chi connectivity index (χ3v) is 2.89. The van der Waals surface area contributed by atoms with Crippen molar-refractivity contribution >= 4 is 11.8 Å². The van der Waals surface area contributed by atoms with Crippen LogP contribution in [0.5, 0.6) is 0 Å². The Balaban J connectivity index is 2.85. The number of nitrogens with one attached hydrogen (secondary N) is 1. The number of hydrazine groups is 1. The first-order valence-corrected chi connectivity index (χ1v) is 7.05. The quantitative estimate of drug-likeness (QED) is 0.859. The van der Waals surface area contributed by atoms with Crippen LogP contribution in [-0.4, -0.2) is 22.4 Å². The molecule has 0 radical (unpaired) electrons. The molecule has 0 aromatic heterocycles. The van der Waals surface area contributed by atoms with Crippen LogP contribution < -0.4 is 5.43 Å². The van der Waals surface area contributed by atoms with Crippen LogP contribution in [0.2, 0.25) is 0 Å². The van der Waals surface area contributed by atoms with Crippen LogP contribution in [0.1, 0.15) is 57.3 Å². The molecule has 0 heterocycles. The van der Waals surface area contributed by atoms with Crippen molar-refractivity contribution in [3.63, 3.8) is 0 Å². The van der Waals surface area contributed by atoms with E-state index in [0.29, 0.717) is 12.0 Å². The van der Waals surface area contributed by atoms with Crippen LogP contribution in [0.4, 0.5) is 0 Å². The Hall–Kier alpha value is -1.84. The van der Waals surface area contributed by atoms with E-state index in [2.05, 4.69) is 5.43 Å².